The van der Waals surface area contributed by atoms with Crippen LogP contribution in [0.25, 0.3) is 0 Å². The van der Waals surface area contributed by atoms with Crippen molar-refractivity contribution in [3.8, 4) is 0 Å². The van der Waals surface area contributed by atoms with Gasteiger partial charge in [0.15, 0.2) is 0 Å². The van der Waals surface area contributed by atoms with Gasteiger partial charge in [0.05, 0.1) is 18.7 Å². The standard InChI is InChI=1S/C8H8FNO3/c9-6-1-5(3-10-4-6)7(11)2-8(12)13/h1,3-4,7,11H,2H2,(H,12,13)/t7-/m0/s1. The molecule has 4 nitrogen and oxygen atoms in total. The predicted molar refractivity (Wildman–Crippen MR) is 41.4 cm³/mol. The van der Waals surface area contributed by atoms with E-state index >= 15 is 0 Å². The minimum atomic E-state index is -1.21. The van der Waals surface area contributed by atoms with Gasteiger partial charge in [-0.2, -0.15) is 0 Å². The Hall–Kier alpha value is -1.49. The Bertz CT molecular complexity index is 316. The fourth-order valence-electron chi connectivity index (χ4n) is 0.894. The molecule has 0 aliphatic heterocycles. The van der Waals surface area contributed by atoms with Crippen LogP contribution in [0.5, 0.6) is 0 Å². The molecule has 0 amide bonds. The van der Waals surface area contributed by atoms with Crippen LogP contribution in [0.2, 0.25) is 0 Å². The van der Waals surface area contributed by atoms with Gasteiger partial charge in [0.25, 0.3) is 0 Å². The van der Waals surface area contributed by atoms with E-state index in [2.05, 4.69) is 4.98 Å². The zero-order chi connectivity index (χ0) is 9.84. The molecule has 0 aromatic carbocycles. The summed E-state index contributed by atoms with van der Waals surface area (Å²) < 4.78 is 12.5. The number of rotatable bonds is 3. The van der Waals surface area contributed by atoms with Crippen LogP contribution in [0.3, 0.4) is 0 Å². The summed E-state index contributed by atoms with van der Waals surface area (Å²) in [4.78, 5) is 13.7. The summed E-state index contributed by atoms with van der Waals surface area (Å²) in [5.74, 6) is -1.74. The zero-order valence-corrected chi connectivity index (χ0v) is 6.64. The molecule has 0 unspecified atom stereocenters. The van der Waals surface area contributed by atoms with Gasteiger partial charge in [-0.25, -0.2) is 4.39 Å². The van der Waals surface area contributed by atoms with Crippen molar-refractivity contribution in [3.05, 3.63) is 29.8 Å². The summed E-state index contributed by atoms with van der Waals surface area (Å²) in [6, 6.07) is 1.06. The normalized spacial score (nSPS) is 12.5. The third kappa shape index (κ3) is 2.79. The fourth-order valence-corrected chi connectivity index (χ4v) is 0.894. The summed E-state index contributed by atoms with van der Waals surface area (Å²) >= 11 is 0. The number of hydrogen-bond acceptors (Lipinski definition) is 3. The van der Waals surface area contributed by atoms with E-state index in [4.69, 9.17) is 5.11 Å². The molecule has 0 bridgehead atoms. The van der Waals surface area contributed by atoms with Gasteiger partial charge in [-0.1, -0.05) is 0 Å². The van der Waals surface area contributed by atoms with Crippen molar-refractivity contribution in [1.82, 2.24) is 4.98 Å². The average Bonchev–Trinajstić information content (AvgIpc) is 2.03. The highest BCUT2D eigenvalue weighted by atomic mass is 19.1. The lowest BCUT2D eigenvalue weighted by Gasteiger charge is -2.06. The molecule has 0 saturated heterocycles. The van der Waals surface area contributed by atoms with E-state index in [0.717, 1.165) is 12.3 Å². The molecule has 0 aliphatic carbocycles. The van der Waals surface area contributed by atoms with Crippen molar-refractivity contribution in [3.63, 3.8) is 0 Å². The number of aromatic nitrogens is 1. The molecule has 5 heteroatoms. The van der Waals surface area contributed by atoms with Gasteiger partial charge in [-0.15, -0.1) is 0 Å². The van der Waals surface area contributed by atoms with Crippen LogP contribution >= 0.6 is 0 Å². The summed E-state index contributed by atoms with van der Waals surface area (Å²) in [6.45, 7) is 0. The van der Waals surface area contributed by atoms with E-state index in [1.807, 2.05) is 0 Å². The summed E-state index contributed by atoms with van der Waals surface area (Å²) in [7, 11) is 0. The minimum Gasteiger partial charge on any atom is -0.481 e. The first-order chi connectivity index (χ1) is 6.09. The van der Waals surface area contributed by atoms with Crippen molar-refractivity contribution in [1.29, 1.82) is 0 Å². The Kier molecular flexibility index (Phi) is 2.92. The first kappa shape index (κ1) is 9.60. The maximum absolute atomic E-state index is 12.5. The number of halogens is 1. The van der Waals surface area contributed by atoms with Crippen LogP contribution in [0.1, 0.15) is 18.1 Å². The van der Waals surface area contributed by atoms with Crippen LogP contribution in [0.15, 0.2) is 18.5 Å². The molecule has 0 radical (unpaired) electrons. The number of aliphatic hydroxyl groups excluding tert-OH is 1. The summed E-state index contributed by atoms with van der Waals surface area (Å²) in [5.41, 5.74) is 0.169. The van der Waals surface area contributed by atoms with Crippen molar-refractivity contribution in [2.75, 3.05) is 0 Å². The molecular formula is C8H8FNO3. The predicted octanol–water partition coefficient (Wildman–Crippen LogP) is 0.729. The van der Waals surface area contributed by atoms with Gasteiger partial charge in [-0.05, 0) is 6.07 Å². The van der Waals surface area contributed by atoms with E-state index in [1.54, 1.807) is 0 Å². The van der Waals surface area contributed by atoms with Crippen LogP contribution in [0, 0.1) is 5.82 Å². The van der Waals surface area contributed by atoms with Crippen LogP contribution in [-0.2, 0) is 4.79 Å². The van der Waals surface area contributed by atoms with E-state index in [0.29, 0.717) is 0 Å². The number of carboxylic acids is 1. The van der Waals surface area contributed by atoms with Gasteiger partial charge in [0, 0.05) is 11.8 Å². The van der Waals surface area contributed by atoms with Crippen molar-refractivity contribution < 1.29 is 19.4 Å². The molecular weight excluding hydrogens is 177 g/mol. The Labute approximate surface area is 73.7 Å². The summed E-state index contributed by atoms with van der Waals surface area (Å²) in [6.07, 6.45) is 0.555. The lowest BCUT2D eigenvalue weighted by atomic mass is 10.1. The molecule has 1 aromatic rings. The number of carbonyl (C=O) groups is 1. The van der Waals surface area contributed by atoms with Crippen molar-refractivity contribution in [2.24, 2.45) is 0 Å². The molecule has 0 fully saturated rings. The van der Waals surface area contributed by atoms with E-state index in [-0.39, 0.29) is 5.56 Å². The number of aliphatic hydroxyl groups is 1. The van der Waals surface area contributed by atoms with Gasteiger partial charge in [0.1, 0.15) is 5.82 Å². The minimum absolute atomic E-state index is 0.169. The van der Waals surface area contributed by atoms with Gasteiger partial charge in [-0.3, -0.25) is 9.78 Å². The number of carboxylic acid groups (broad SMARTS) is 1. The quantitative estimate of drug-likeness (QED) is 0.728. The molecule has 1 atom stereocenters. The maximum atomic E-state index is 12.5. The van der Waals surface area contributed by atoms with Gasteiger partial charge < -0.3 is 10.2 Å². The average molecular weight is 185 g/mol. The summed E-state index contributed by atoms with van der Waals surface area (Å²) in [5, 5.41) is 17.6. The molecule has 0 saturated carbocycles. The largest absolute Gasteiger partial charge is 0.481 e. The van der Waals surface area contributed by atoms with Crippen molar-refractivity contribution in [2.45, 2.75) is 12.5 Å². The SMILES string of the molecule is O=C(O)C[C@H](O)c1cncc(F)c1. The Balaban J connectivity index is 2.76. The lowest BCUT2D eigenvalue weighted by molar-refractivity contribution is -0.139. The second-order valence-electron chi connectivity index (χ2n) is 2.55. The number of aliphatic carboxylic acids is 1. The van der Waals surface area contributed by atoms with Crippen molar-refractivity contribution >= 4 is 5.97 Å². The molecule has 1 heterocycles. The smallest absolute Gasteiger partial charge is 0.306 e. The number of pyridine rings is 1. The van der Waals surface area contributed by atoms with Crippen LogP contribution in [-0.4, -0.2) is 21.2 Å². The maximum Gasteiger partial charge on any atom is 0.306 e. The Morgan fingerprint density at radius 1 is 1.62 bits per heavy atom. The Morgan fingerprint density at radius 2 is 2.31 bits per heavy atom. The molecule has 13 heavy (non-hydrogen) atoms. The van der Waals surface area contributed by atoms with Gasteiger partial charge >= 0.3 is 5.97 Å². The highest BCUT2D eigenvalue weighted by Gasteiger charge is 2.12. The van der Waals surface area contributed by atoms with Crippen LogP contribution in [0.4, 0.5) is 4.39 Å². The van der Waals surface area contributed by atoms with Crippen LogP contribution < -0.4 is 0 Å². The lowest BCUT2D eigenvalue weighted by Crippen LogP contribution is -2.05. The molecule has 2 N–H and O–H groups in total. The molecule has 70 valence electrons. The molecule has 0 spiro atoms. The fraction of sp³-hybridized carbons (Fsp3) is 0.250. The van der Waals surface area contributed by atoms with E-state index < -0.39 is 24.3 Å². The number of nitrogens with zero attached hydrogens (tertiary/aromatic N) is 1. The van der Waals surface area contributed by atoms with E-state index in [1.165, 1.54) is 6.20 Å². The zero-order valence-electron chi connectivity index (χ0n) is 6.64. The topological polar surface area (TPSA) is 70.4 Å². The second-order valence-corrected chi connectivity index (χ2v) is 2.55. The highest BCUT2D eigenvalue weighted by molar-refractivity contribution is 5.67. The highest BCUT2D eigenvalue weighted by Crippen LogP contribution is 2.15. The third-order valence-electron chi connectivity index (χ3n) is 1.48. The second kappa shape index (κ2) is 3.95. The molecule has 0 aliphatic rings. The molecule has 1 aromatic heterocycles. The van der Waals surface area contributed by atoms with E-state index in [9.17, 15) is 14.3 Å². The Morgan fingerprint density at radius 3 is 2.85 bits per heavy atom. The van der Waals surface area contributed by atoms with Gasteiger partial charge in [0.2, 0.25) is 0 Å². The number of hydrogen-bond donors (Lipinski definition) is 2. The third-order valence-corrected chi connectivity index (χ3v) is 1.48. The first-order valence-corrected chi connectivity index (χ1v) is 3.60. The monoisotopic (exact) mass is 185 g/mol. The molecule has 1 rings (SSSR count). The first-order valence-electron chi connectivity index (χ1n) is 3.60.